The predicted molar refractivity (Wildman–Crippen MR) is 275 cm³/mol. The third kappa shape index (κ3) is 47.9. The highest BCUT2D eigenvalue weighted by Gasteiger charge is 2.53. The SMILES string of the molecule is C=CC(=O)OC(C)(C)C.CC(C)(C)/C=C/C(C)(C)C.CC(C)(C)/C=C\C(C)(C)C.CC(C)(C)C1OC1C(C)(C)C.CC(C)(C)C1OC1C(C)(C)C.CC(C)(C)CCC(C)(C)C. The van der Waals surface area contributed by atoms with Gasteiger partial charge < -0.3 is 14.2 Å². The molecule has 0 aliphatic carbocycles. The Kier molecular flexibility index (Phi) is 26.3. The van der Waals surface area contributed by atoms with Crippen molar-refractivity contribution in [1.29, 1.82) is 0 Å². The lowest BCUT2D eigenvalue weighted by atomic mass is 9.81. The first kappa shape index (κ1) is 66.2. The molecule has 2 aliphatic rings. The van der Waals surface area contributed by atoms with Crippen LogP contribution < -0.4 is 0 Å². The van der Waals surface area contributed by atoms with E-state index in [0.29, 0.717) is 78.6 Å². The minimum atomic E-state index is -0.398. The average molecular weight is 864 g/mol. The molecule has 4 atom stereocenters. The molecule has 4 unspecified atom stereocenters. The average Bonchev–Trinajstić information content (AvgIpc) is 3.84. The van der Waals surface area contributed by atoms with Crippen molar-refractivity contribution in [2.24, 2.45) is 54.1 Å². The van der Waals surface area contributed by atoms with E-state index in [4.69, 9.17) is 14.2 Å². The van der Waals surface area contributed by atoms with E-state index in [1.165, 1.54) is 12.8 Å². The van der Waals surface area contributed by atoms with Gasteiger partial charge in [-0.1, -0.05) is 239 Å². The summed E-state index contributed by atoms with van der Waals surface area (Å²) < 4.78 is 16.1. The van der Waals surface area contributed by atoms with Crippen LogP contribution in [0.3, 0.4) is 0 Å². The molecule has 0 saturated carbocycles. The van der Waals surface area contributed by atoms with Gasteiger partial charge in [0.1, 0.15) is 5.60 Å². The molecule has 366 valence electrons. The largest absolute Gasteiger partial charge is 0.457 e. The molecule has 0 radical (unpaired) electrons. The second-order valence-corrected chi connectivity index (χ2v) is 29.9. The van der Waals surface area contributed by atoms with Crippen LogP contribution in [-0.4, -0.2) is 36.0 Å². The summed E-state index contributed by atoms with van der Waals surface area (Å²) in [5, 5.41) is 0. The zero-order chi connectivity index (χ0) is 50.5. The monoisotopic (exact) mass is 863 g/mol. The van der Waals surface area contributed by atoms with Crippen LogP contribution in [0.2, 0.25) is 0 Å². The number of esters is 1. The molecule has 4 heteroatoms. The molecule has 61 heavy (non-hydrogen) atoms. The number of rotatable bonds is 2. The third-order valence-electron chi connectivity index (χ3n) is 8.76. The standard InChI is InChI=1S/2C10H20O.C10H22.2C10H20.C7H12O2/c2*1-9(2,3)7-8(11-7)10(4,5)6;3*1-9(2,3)7-8-10(4,5)6;1-5-6(8)9-7(2,3)4/h2*7-8H,1-6H3;7-8H2,1-6H3;2*7-8H,1-6H3;5H,1H2,2-4H3/b;;;8-7+;8-7-;. The summed E-state index contributed by atoms with van der Waals surface area (Å²) in [7, 11) is 0. The number of hydrogen-bond acceptors (Lipinski definition) is 4. The summed E-state index contributed by atoms with van der Waals surface area (Å²) in [4.78, 5) is 10.5. The lowest BCUT2D eigenvalue weighted by molar-refractivity contribution is -0.148. The van der Waals surface area contributed by atoms with Gasteiger partial charge >= 0.3 is 5.97 Å². The Hall–Kier alpha value is -1.39. The van der Waals surface area contributed by atoms with Crippen molar-refractivity contribution in [3.63, 3.8) is 0 Å². The van der Waals surface area contributed by atoms with Gasteiger partial charge in [0.15, 0.2) is 0 Å². The van der Waals surface area contributed by atoms with Crippen LogP contribution in [0.15, 0.2) is 37.0 Å². The van der Waals surface area contributed by atoms with E-state index in [2.05, 4.69) is 239 Å². The van der Waals surface area contributed by atoms with Crippen molar-refractivity contribution in [2.45, 2.75) is 271 Å². The normalized spacial score (nSPS) is 20.2. The second kappa shape index (κ2) is 24.2. The second-order valence-electron chi connectivity index (χ2n) is 29.9. The minimum Gasteiger partial charge on any atom is -0.457 e. The van der Waals surface area contributed by atoms with Crippen molar-refractivity contribution in [3.8, 4) is 0 Å². The van der Waals surface area contributed by atoms with Crippen molar-refractivity contribution in [1.82, 2.24) is 0 Å². The van der Waals surface area contributed by atoms with Gasteiger partial charge in [-0.2, -0.15) is 0 Å². The fourth-order valence-corrected chi connectivity index (χ4v) is 4.95. The summed E-state index contributed by atoms with van der Waals surface area (Å²) in [5.41, 5.74) is 3.19. The van der Waals surface area contributed by atoms with E-state index >= 15 is 0 Å². The van der Waals surface area contributed by atoms with Crippen LogP contribution in [0.4, 0.5) is 0 Å². The molecular weight excluding hydrogens is 749 g/mol. The molecule has 0 aromatic heterocycles. The van der Waals surface area contributed by atoms with E-state index in [9.17, 15) is 4.79 Å². The molecule has 0 aromatic rings. The molecule has 0 spiro atoms. The Balaban J connectivity index is -0.000000320. The topological polar surface area (TPSA) is 51.4 Å². The van der Waals surface area contributed by atoms with Gasteiger partial charge in [0.2, 0.25) is 0 Å². The number of allylic oxidation sites excluding steroid dienone is 4. The highest BCUT2D eigenvalue weighted by Crippen LogP contribution is 2.47. The van der Waals surface area contributed by atoms with Crippen molar-refractivity contribution >= 4 is 5.97 Å². The molecule has 0 N–H and O–H groups in total. The smallest absolute Gasteiger partial charge is 0.330 e. The quantitative estimate of drug-likeness (QED) is 0.120. The van der Waals surface area contributed by atoms with Crippen LogP contribution in [0.1, 0.15) is 241 Å². The van der Waals surface area contributed by atoms with Gasteiger partial charge in [0.25, 0.3) is 0 Å². The molecule has 2 rings (SSSR count). The summed E-state index contributed by atoms with van der Waals surface area (Å²) >= 11 is 0. The Morgan fingerprint density at radius 1 is 0.393 bits per heavy atom. The molecule has 0 bridgehead atoms. The van der Waals surface area contributed by atoms with E-state index in [1.807, 2.05) is 20.8 Å². The van der Waals surface area contributed by atoms with Crippen LogP contribution in [-0.2, 0) is 19.0 Å². The summed E-state index contributed by atoms with van der Waals surface area (Å²) in [6.45, 7) is 76.0. The van der Waals surface area contributed by atoms with E-state index < -0.39 is 5.60 Å². The fourth-order valence-electron chi connectivity index (χ4n) is 4.95. The number of epoxide rings is 2. The summed E-state index contributed by atoms with van der Waals surface area (Å²) in [5.74, 6) is -0.373. The predicted octanol–water partition coefficient (Wildman–Crippen LogP) is 18.3. The van der Waals surface area contributed by atoms with Gasteiger partial charge in [-0.25, -0.2) is 4.79 Å². The summed E-state index contributed by atoms with van der Waals surface area (Å²) in [6, 6.07) is 0. The van der Waals surface area contributed by atoms with Crippen LogP contribution in [0.25, 0.3) is 0 Å². The van der Waals surface area contributed by atoms with Crippen LogP contribution >= 0.6 is 0 Å². The van der Waals surface area contributed by atoms with E-state index in [1.54, 1.807) is 0 Å². The lowest BCUT2D eigenvalue weighted by Crippen LogP contribution is -2.23. The number of ether oxygens (including phenoxy) is 3. The Morgan fingerprint density at radius 3 is 0.639 bits per heavy atom. The molecular formula is C57H114O4. The van der Waals surface area contributed by atoms with E-state index in [-0.39, 0.29) is 5.97 Å². The Bertz CT molecular complexity index is 1110. The van der Waals surface area contributed by atoms with E-state index in [0.717, 1.165) is 6.08 Å². The van der Waals surface area contributed by atoms with Gasteiger partial charge in [-0.05, 0) is 87.8 Å². The summed E-state index contributed by atoms with van der Waals surface area (Å²) in [6.07, 6.45) is 14.8. The first-order valence-corrected chi connectivity index (χ1v) is 23.6. The highest BCUT2D eigenvalue weighted by atomic mass is 16.6. The van der Waals surface area contributed by atoms with Crippen LogP contribution in [0.5, 0.6) is 0 Å². The van der Waals surface area contributed by atoms with Gasteiger partial charge in [0, 0.05) is 6.08 Å². The van der Waals surface area contributed by atoms with Gasteiger partial charge in [-0.15, -0.1) is 0 Å². The van der Waals surface area contributed by atoms with Gasteiger partial charge in [-0.3, -0.25) is 0 Å². The zero-order valence-corrected chi connectivity index (χ0v) is 48.0. The van der Waals surface area contributed by atoms with Crippen LogP contribution in [0, 0.1) is 54.1 Å². The molecule has 4 nitrogen and oxygen atoms in total. The first-order chi connectivity index (χ1) is 26.0. The number of carbonyl (C=O) groups is 1. The third-order valence-corrected chi connectivity index (χ3v) is 8.76. The fraction of sp³-hybridized carbons (Fsp3) is 0.877. The Labute approximate surface area is 386 Å². The molecule has 2 saturated heterocycles. The number of carbonyl (C=O) groups excluding carboxylic acids is 1. The molecule has 2 aliphatic heterocycles. The molecule has 2 heterocycles. The maximum atomic E-state index is 10.5. The Morgan fingerprint density at radius 2 is 0.574 bits per heavy atom. The maximum Gasteiger partial charge on any atom is 0.330 e. The molecule has 0 amide bonds. The maximum absolute atomic E-state index is 10.5. The zero-order valence-electron chi connectivity index (χ0n) is 48.0. The lowest BCUT2D eigenvalue weighted by Gasteiger charge is -2.24. The minimum absolute atomic E-state index is 0.317. The van der Waals surface area contributed by atoms with Gasteiger partial charge in [0.05, 0.1) is 24.4 Å². The van der Waals surface area contributed by atoms with Crippen molar-refractivity contribution in [2.75, 3.05) is 0 Å². The number of hydrogen-bond donors (Lipinski definition) is 0. The molecule has 2 fully saturated rings. The first-order valence-electron chi connectivity index (χ1n) is 23.6. The van der Waals surface area contributed by atoms with Crippen molar-refractivity contribution in [3.05, 3.63) is 37.0 Å². The molecule has 0 aromatic carbocycles. The van der Waals surface area contributed by atoms with Crippen molar-refractivity contribution < 1.29 is 19.0 Å². The highest BCUT2D eigenvalue weighted by molar-refractivity contribution is 5.81.